The third-order valence-electron chi connectivity index (χ3n) is 4.33. The minimum Gasteiger partial charge on any atom is -0.481 e. The summed E-state index contributed by atoms with van der Waals surface area (Å²) >= 11 is 0. The summed E-state index contributed by atoms with van der Waals surface area (Å²) in [6.45, 7) is 1.56. The molecule has 0 aliphatic rings. The van der Waals surface area contributed by atoms with Gasteiger partial charge in [0.15, 0.2) is 0 Å². The fourth-order valence-corrected chi connectivity index (χ4v) is 2.49. The molecule has 0 saturated carbocycles. The van der Waals surface area contributed by atoms with E-state index >= 15 is 0 Å². The Bertz CT molecular complexity index is 700. The fourth-order valence-electron chi connectivity index (χ4n) is 2.49. The summed E-state index contributed by atoms with van der Waals surface area (Å²) in [6, 6.07) is -5.43. The predicted octanol–water partition coefficient (Wildman–Crippen LogP) is -2.66. The van der Waals surface area contributed by atoms with Gasteiger partial charge in [0.2, 0.25) is 17.7 Å². The minimum absolute atomic E-state index is 0.251. The summed E-state index contributed by atoms with van der Waals surface area (Å²) in [5, 5.41) is 33.3. The van der Waals surface area contributed by atoms with Gasteiger partial charge in [0.25, 0.3) is 0 Å². The second-order valence-corrected chi connectivity index (χ2v) is 7.11. The summed E-state index contributed by atoms with van der Waals surface area (Å²) < 4.78 is 0. The average Bonchev–Trinajstić information content (AvgIpc) is 2.69. The summed E-state index contributed by atoms with van der Waals surface area (Å²) in [6.07, 6.45) is -0.352. The van der Waals surface area contributed by atoms with E-state index in [9.17, 15) is 28.8 Å². The maximum atomic E-state index is 12.6. The Balaban J connectivity index is 5.34. The Labute approximate surface area is 184 Å². The predicted molar refractivity (Wildman–Crippen MR) is 109 cm³/mol. The summed E-state index contributed by atoms with van der Waals surface area (Å²) in [4.78, 5) is 70.0. The van der Waals surface area contributed by atoms with Crippen molar-refractivity contribution in [1.29, 1.82) is 0 Å². The molecule has 0 heterocycles. The second-order valence-electron chi connectivity index (χ2n) is 7.11. The van der Waals surface area contributed by atoms with Crippen molar-refractivity contribution in [3.8, 4) is 0 Å². The molecule has 4 atom stereocenters. The molecule has 0 aromatic rings. The van der Waals surface area contributed by atoms with Crippen LogP contribution in [0.3, 0.4) is 0 Å². The number of amides is 3. The zero-order valence-electron chi connectivity index (χ0n) is 17.7. The zero-order chi connectivity index (χ0) is 24.8. The smallest absolute Gasteiger partial charge is 0.325 e. The van der Waals surface area contributed by atoms with E-state index in [-0.39, 0.29) is 6.42 Å². The molecule has 4 unspecified atom stereocenters. The van der Waals surface area contributed by atoms with Crippen molar-refractivity contribution in [2.75, 3.05) is 6.54 Å². The van der Waals surface area contributed by atoms with Gasteiger partial charge in [0.1, 0.15) is 18.1 Å². The number of rotatable bonds is 16. The molecule has 3 amide bonds. The van der Waals surface area contributed by atoms with Crippen LogP contribution in [-0.4, -0.2) is 81.7 Å². The van der Waals surface area contributed by atoms with Crippen LogP contribution in [0.25, 0.3) is 0 Å². The van der Waals surface area contributed by atoms with Gasteiger partial charge in [-0.15, -0.1) is 0 Å². The normalized spacial score (nSPS) is 14.3. The molecule has 0 bridgehead atoms. The molecule has 0 rings (SSSR count). The van der Waals surface area contributed by atoms with Crippen LogP contribution >= 0.6 is 0 Å². The van der Waals surface area contributed by atoms with E-state index in [2.05, 4.69) is 16.0 Å². The van der Waals surface area contributed by atoms with E-state index in [0.717, 1.165) is 6.92 Å². The molecule has 0 aliphatic carbocycles. The molecule has 0 spiro atoms. The molecule has 14 heteroatoms. The number of carboxylic acid groups (broad SMARTS) is 3. The van der Waals surface area contributed by atoms with E-state index in [1.165, 1.54) is 0 Å². The number of carbonyl (C=O) groups excluding carboxylic acids is 3. The lowest BCUT2D eigenvalue weighted by Crippen LogP contribution is -2.57. The van der Waals surface area contributed by atoms with Gasteiger partial charge < -0.3 is 42.7 Å². The Hall–Kier alpha value is -3.26. The highest BCUT2D eigenvalue weighted by Gasteiger charge is 2.30. The number of carboxylic acids is 3. The summed E-state index contributed by atoms with van der Waals surface area (Å²) in [5.74, 6) is -6.89. The molecule has 10 N–H and O–H groups in total. The average molecular weight is 461 g/mol. The molecular formula is C18H31N5O9. The zero-order valence-corrected chi connectivity index (χ0v) is 17.7. The van der Waals surface area contributed by atoms with Gasteiger partial charge >= 0.3 is 17.9 Å². The first-order valence-corrected chi connectivity index (χ1v) is 9.92. The van der Waals surface area contributed by atoms with Gasteiger partial charge in [0.05, 0.1) is 12.5 Å². The number of hydrogen-bond donors (Lipinski definition) is 8. The van der Waals surface area contributed by atoms with Crippen LogP contribution in [0.5, 0.6) is 0 Å². The van der Waals surface area contributed by atoms with Gasteiger partial charge in [-0.2, -0.15) is 0 Å². The topological polar surface area (TPSA) is 251 Å². The number of carbonyl (C=O) groups is 6. The minimum atomic E-state index is -1.60. The van der Waals surface area contributed by atoms with Gasteiger partial charge in [-0.1, -0.05) is 6.42 Å². The van der Waals surface area contributed by atoms with E-state index in [1.807, 2.05) is 0 Å². The third-order valence-corrected chi connectivity index (χ3v) is 4.33. The van der Waals surface area contributed by atoms with Crippen molar-refractivity contribution in [3.63, 3.8) is 0 Å². The monoisotopic (exact) mass is 461 g/mol. The number of unbranched alkanes of at least 4 members (excludes halogenated alkanes) is 1. The van der Waals surface area contributed by atoms with Crippen LogP contribution in [0.15, 0.2) is 0 Å². The molecule has 0 radical (unpaired) electrons. The second kappa shape index (κ2) is 14.7. The van der Waals surface area contributed by atoms with Crippen molar-refractivity contribution in [2.45, 2.75) is 69.6 Å². The van der Waals surface area contributed by atoms with Crippen LogP contribution in [0.2, 0.25) is 0 Å². The summed E-state index contributed by atoms with van der Waals surface area (Å²) in [5.41, 5.74) is 11.1. The van der Waals surface area contributed by atoms with Crippen molar-refractivity contribution in [2.24, 2.45) is 11.5 Å². The van der Waals surface area contributed by atoms with Crippen LogP contribution in [0.4, 0.5) is 0 Å². The van der Waals surface area contributed by atoms with Crippen molar-refractivity contribution < 1.29 is 44.1 Å². The maximum absolute atomic E-state index is 12.6. The molecule has 0 saturated heterocycles. The molecule has 182 valence electrons. The highest BCUT2D eigenvalue weighted by atomic mass is 16.4. The quantitative estimate of drug-likeness (QED) is 0.110. The largest absolute Gasteiger partial charge is 0.481 e. The molecule has 32 heavy (non-hydrogen) atoms. The Morgan fingerprint density at radius 3 is 1.84 bits per heavy atom. The van der Waals surface area contributed by atoms with E-state index < -0.39 is 79.1 Å². The maximum Gasteiger partial charge on any atom is 0.325 e. The number of nitrogens with two attached hydrogens (primary N) is 2. The van der Waals surface area contributed by atoms with Crippen LogP contribution in [-0.2, 0) is 28.8 Å². The van der Waals surface area contributed by atoms with E-state index in [1.54, 1.807) is 0 Å². The first-order valence-electron chi connectivity index (χ1n) is 9.92. The van der Waals surface area contributed by atoms with Crippen LogP contribution < -0.4 is 27.4 Å². The Kier molecular flexibility index (Phi) is 13.2. The molecular weight excluding hydrogens is 430 g/mol. The Morgan fingerprint density at radius 1 is 0.781 bits per heavy atom. The highest BCUT2D eigenvalue weighted by Crippen LogP contribution is 2.04. The number of aliphatic carboxylic acids is 3. The van der Waals surface area contributed by atoms with Gasteiger partial charge in [-0.3, -0.25) is 28.8 Å². The van der Waals surface area contributed by atoms with Crippen molar-refractivity contribution >= 4 is 35.6 Å². The van der Waals surface area contributed by atoms with E-state index in [4.69, 9.17) is 26.8 Å². The van der Waals surface area contributed by atoms with Gasteiger partial charge in [-0.05, 0) is 32.7 Å². The Morgan fingerprint density at radius 2 is 1.34 bits per heavy atom. The molecule has 14 nitrogen and oxygen atoms in total. The lowest BCUT2D eigenvalue weighted by Gasteiger charge is -2.23. The number of nitrogens with one attached hydrogen (secondary N) is 3. The van der Waals surface area contributed by atoms with Crippen LogP contribution in [0.1, 0.15) is 45.4 Å². The standard InChI is InChI=1S/C18H31N5O9/c1-9(18(31)32)21-16(29)11(5-6-13(24)25)22-17(30)12(8-14(26)27)23-15(28)10(20)4-2-3-7-19/h9-12H,2-8,19-20H2,1H3,(H,21,29)(H,22,30)(H,23,28)(H,24,25)(H,26,27)(H,31,32). The molecule has 0 fully saturated rings. The third kappa shape index (κ3) is 11.8. The van der Waals surface area contributed by atoms with Crippen molar-refractivity contribution in [1.82, 2.24) is 16.0 Å². The highest BCUT2D eigenvalue weighted by molar-refractivity contribution is 5.95. The van der Waals surface area contributed by atoms with Gasteiger partial charge in [0, 0.05) is 6.42 Å². The molecule has 0 aromatic carbocycles. The first-order chi connectivity index (χ1) is 14.9. The molecule has 0 aromatic heterocycles. The first kappa shape index (κ1) is 28.7. The van der Waals surface area contributed by atoms with Crippen LogP contribution in [0, 0.1) is 0 Å². The number of hydrogen-bond acceptors (Lipinski definition) is 8. The van der Waals surface area contributed by atoms with Gasteiger partial charge in [-0.25, -0.2) is 0 Å². The fraction of sp³-hybridized carbons (Fsp3) is 0.667. The summed E-state index contributed by atoms with van der Waals surface area (Å²) in [7, 11) is 0. The lowest BCUT2D eigenvalue weighted by atomic mass is 10.1. The lowest BCUT2D eigenvalue weighted by molar-refractivity contribution is -0.143. The van der Waals surface area contributed by atoms with Crippen molar-refractivity contribution in [3.05, 3.63) is 0 Å². The molecule has 0 aliphatic heterocycles. The van der Waals surface area contributed by atoms with E-state index in [0.29, 0.717) is 19.4 Å². The SMILES string of the molecule is CC(NC(=O)C(CCC(=O)O)NC(=O)C(CC(=O)O)NC(=O)C(N)CCCCN)C(=O)O.